The molecule has 1 atom stereocenters. The van der Waals surface area contributed by atoms with E-state index in [9.17, 15) is 9.90 Å². The van der Waals surface area contributed by atoms with E-state index in [1.165, 1.54) is 96.3 Å². The second-order valence-electron chi connectivity index (χ2n) is 11.8. The van der Waals surface area contributed by atoms with Gasteiger partial charge in [0, 0.05) is 0 Å². The Kier molecular flexibility index (Phi) is 19.6. The third-order valence-electron chi connectivity index (χ3n) is 7.30. The van der Waals surface area contributed by atoms with E-state index < -0.39 is 11.4 Å². The zero-order valence-corrected chi connectivity index (χ0v) is 22.9. The average Bonchev–Trinajstić information content (AvgIpc) is 2.73. The highest BCUT2D eigenvalue weighted by molar-refractivity contribution is 5.74. The van der Waals surface area contributed by atoms with Crippen molar-refractivity contribution in [3.05, 3.63) is 0 Å². The smallest absolute Gasteiger partial charge is 0.309 e. The van der Waals surface area contributed by atoms with Crippen LogP contribution in [0.4, 0.5) is 0 Å². The Morgan fingerprint density at radius 3 is 1.09 bits per heavy atom. The molecule has 0 fully saturated rings. The molecule has 0 aromatic heterocycles. The SMILES string of the molecule is CCCCCCCCCCCCC(CCCCCCCC)(CCCCC(C)(C)C)C(=O)O. The minimum Gasteiger partial charge on any atom is -0.481 e. The molecule has 0 saturated carbocycles. The Bertz CT molecular complexity index is 423. The van der Waals surface area contributed by atoms with Crippen molar-refractivity contribution in [3.8, 4) is 0 Å². The van der Waals surface area contributed by atoms with Gasteiger partial charge in [0.05, 0.1) is 5.41 Å². The first-order valence-electron chi connectivity index (χ1n) is 14.5. The molecule has 0 bridgehead atoms. The summed E-state index contributed by atoms with van der Waals surface area (Å²) in [6.07, 6.45) is 26.7. The maximum absolute atomic E-state index is 12.5. The van der Waals surface area contributed by atoms with Crippen molar-refractivity contribution in [1.29, 1.82) is 0 Å². The summed E-state index contributed by atoms with van der Waals surface area (Å²) in [6, 6.07) is 0. The fraction of sp³-hybridized carbons (Fsp3) is 0.967. The predicted molar refractivity (Wildman–Crippen MR) is 142 cm³/mol. The lowest BCUT2D eigenvalue weighted by atomic mass is 9.73. The average molecular weight is 453 g/mol. The van der Waals surface area contributed by atoms with Crippen LogP contribution in [0.1, 0.15) is 176 Å². The molecule has 0 saturated heterocycles. The third-order valence-corrected chi connectivity index (χ3v) is 7.30. The minimum atomic E-state index is -0.516. The maximum atomic E-state index is 12.5. The van der Waals surface area contributed by atoms with Gasteiger partial charge in [-0.2, -0.15) is 0 Å². The van der Waals surface area contributed by atoms with E-state index in [4.69, 9.17) is 0 Å². The van der Waals surface area contributed by atoms with Crippen molar-refractivity contribution >= 4 is 5.97 Å². The molecule has 0 rings (SSSR count). The summed E-state index contributed by atoms with van der Waals surface area (Å²) in [5.74, 6) is -0.516. The first kappa shape index (κ1) is 31.5. The van der Waals surface area contributed by atoms with Crippen LogP contribution in [-0.4, -0.2) is 11.1 Å². The van der Waals surface area contributed by atoms with E-state index in [2.05, 4.69) is 34.6 Å². The van der Waals surface area contributed by atoms with Gasteiger partial charge in [-0.25, -0.2) is 0 Å². The van der Waals surface area contributed by atoms with E-state index in [0.29, 0.717) is 5.41 Å². The van der Waals surface area contributed by atoms with Gasteiger partial charge >= 0.3 is 5.97 Å². The predicted octanol–water partition coefficient (Wildman–Crippen LogP) is 10.7. The Balaban J connectivity index is 4.45. The lowest BCUT2D eigenvalue weighted by molar-refractivity contribution is -0.150. The van der Waals surface area contributed by atoms with Crippen LogP contribution in [0, 0.1) is 10.8 Å². The molecule has 192 valence electrons. The second kappa shape index (κ2) is 19.9. The molecule has 0 spiro atoms. The zero-order chi connectivity index (χ0) is 24.1. The molecule has 0 heterocycles. The molecule has 0 aliphatic heterocycles. The summed E-state index contributed by atoms with van der Waals surface area (Å²) in [4.78, 5) is 12.5. The van der Waals surface area contributed by atoms with Crippen molar-refractivity contribution in [3.63, 3.8) is 0 Å². The first-order valence-corrected chi connectivity index (χ1v) is 14.5. The van der Waals surface area contributed by atoms with Crippen LogP contribution in [0.3, 0.4) is 0 Å². The highest BCUT2D eigenvalue weighted by Crippen LogP contribution is 2.38. The highest BCUT2D eigenvalue weighted by atomic mass is 16.4. The van der Waals surface area contributed by atoms with Crippen LogP contribution in [0.2, 0.25) is 0 Å². The molecule has 0 aromatic rings. The van der Waals surface area contributed by atoms with E-state index in [0.717, 1.165) is 44.9 Å². The van der Waals surface area contributed by atoms with Crippen molar-refractivity contribution in [2.45, 2.75) is 176 Å². The summed E-state index contributed by atoms with van der Waals surface area (Å²) in [6.45, 7) is 11.4. The van der Waals surface area contributed by atoms with Crippen LogP contribution in [0.15, 0.2) is 0 Å². The van der Waals surface area contributed by atoms with Crippen molar-refractivity contribution in [2.75, 3.05) is 0 Å². The second-order valence-corrected chi connectivity index (χ2v) is 11.8. The van der Waals surface area contributed by atoms with Gasteiger partial charge in [0.15, 0.2) is 0 Å². The molecule has 1 N–H and O–H groups in total. The number of aliphatic carboxylic acids is 1. The molecular formula is C30H60O2. The largest absolute Gasteiger partial charge is 0.481 e. The highest BCUT2D eigenvalue weighted by Gasteiger charge is 2.36. The van der Waals surface area contributed by atoms with Gasteiger partial charge in [-0.3, -0.25) is 4.79 Å². The molecule has 0 aliphatic carbocycles. The summed E-state index contributed by atoms with van der Waals surface area (Å²) >= 11 is 0. The minimum absolute atomic E-state index is 0.349. The molecule has 0 aliphatic rings. The molecular weight excluding hydrogens is 392 g/mol. The van der Waals surface area contributed by atoms with Crippen LogP contribution in [0.25, 0.3) is 0 Å². The van der Waals surface area contributed by atoms with E-state index in [1.54, 1.807) is 0 Å². The lowest BCUT2D eigenvalue weighted by Gasteiger charge is -2.30. The topological polar surface area (TPSA) is 37.3 Å². The number of hydrogen-bond donors (Lipinski definition) is 1. The third kappa shape index (κ3) is 18.0. The number of hydrogen-bond acceptors (Lipinski definition) is 1. The fourth-order valence-corrected chi connectivity index (χ4v) is 5.01. The van der Waals surface area contributed by atoms with Crippen LogP contribution < -0.4 is 0 Å². The van der Waals surface area contributed by atoms with Crippen molar-refractivity contribution in [2.24, 2.45) is 10.8 Å². The molecule has 2 heteroatoms. The summed E-state index contributed by atoms with van der Waals surface area (Å²) in [7, 11) is 0. The zero-order valence-electron chi connectivity index (χ0n) is 22.9. The molecule has 2 nitrogen and oxygen atoms in total. The van der Waals surface area contributed by atoms with Crippen LogP contribution in [-0.2, 0) is 4.79 Å². The molecule has 32 heavy (non-hydrogen) atoms. The fourth-order valence-electron chi connectivity index (χ4n) is 5.01. The monoisotopic (exact) mass is 452 g/mol. The first-order chi connectivity index (χ1) is 15.3. The van der Waals surface area contributed by atoms with Gasteiger partial charge < -0.3 is 5.11 Å². The Morgan fingerprint density at radius 1 is 0.500 bits per heavy atom. The number of carboxylic acids is 1. The van der Waals surface area contributed by atoms with Gasteiger partial charge in [0.1, 0.15) is 0 Å². The van der Waals surface area contributed by atoms with Crippen molar-refractivity contribution in [1.82, 2.24) is 0 Å². The van der Waals surface area contributed by atoms with Crippen LogP contribution >= 0.6 is 0 Å². The number of rotatable bonds is 23. The molecule has 0 amide bonds. The van der Waals surface area contributed by atoms with Gasteiger partial charge in [0.25, 0.3) is 0 Å². The number of carbonyl (C=O) groups is 1. The van der Waals surface area contributed by atoms with Gasteiger partial charge in [0.2, 0.25) is 0 Å². The van der Waals surface area contributed by atoms with Gasteiger partial charge in [-0.05, 0) is 31.1 Å². The number of carboxylic acid groups (broad SMARTS) is 1. The standard InChI is InChI=1S/C30H60O2/c1-6-8-10-12-14-15-16-17-19-21-26-30(28(31)32,25-20-18-13-11-9-7-2)27-23-22-24-29(3,4)5/h6-27H2,1-5H3,(H,31,32). The Hall–Kier alpha value is -0.530. The Morgan fingerprint density at radius 2 is 0.781 bits per heavy atom. The lowest BCUT2D eigenvalue weighted by Crippen LogP contribution is -2.31. The van der Waals surface area contributed by atoms with Gasteiger partial charge in [-0.1, -0.05) is 150 Å². The van der Waals surface area contributed by atoms with E-state index >= 15 is 0 Å². The normalized spacial score (nSPS) is 13.9. The molecule has 0 aromatic carbocycles. The maximum Gasteiger partial charge on any atom is 0.309 e. The molecule has 1 unspecified atom stereocenters. The summed E-state index contributed by atoms with van der Waals surface area (Å²) in [5, 5.41) is 10.3. The van der Waals surface area contributed by atoms with E-state index in [-0.39, 0.29) is 0 Å². The quantitative estimate of drug-likeness (QED) is 0.156. The van der Waals surface area contributed by atoms with Crippen LogP contribution in [0.5, 0.6) is 0 Å². The van der Waals surface area contributed by atoms with E-state index in [1.807, 2.05) is 0 Å². The number of unbranched alkanes of at least 4 members (excludes halogenated alkanes) is 15. The molecule has 0 radical (unpaired) electrons. The summed E-state index contributed by atoms with van der Waals surface area (Å²) < 4.78 is 0. The summed E-state index contributed by atoms with van der Waals surface area (Å²) in [5.41, 5.74) is -0.121. The Labute approximate surface area is 202 Å². The van der Waals surface area contributed by atoms with Crippen molar-refractivity contribution < 1.29 is 9.90 Å². The van der Waals surface area contributed by atoms with Gasteiger partial charge in [-0.15, -0.1) is 0 Å².